The van der Waals surface area contributed by atoms with Crippen molar-refractivity contribution in [2.75, 3.05) is 26.2 Å². The molecule has 4 rings (SSSR count). The van der Waals surface area contributed by atoms with E-state index in [1.165, 1.54) is 25.7 Å². The smallest absolute Gasteiger partial charge is 0.226 e. The second-order valence-corrected chi connectivity index (χ2v) is 7.42. The maximum atomic E-state index is 12.6. The molecule has 1 spiro atoms. The summed E-state index contributed by atoms with van der Waals surface area (Å²) in [5, 5.41) is 7.68. The average molecular weight is 338 g/mol. The predicted octanol–water partition coefficient (Wildman–Crippen LogP) is 2.41. The van der Waals surface area contributed by atoms with Gasteiger partial charge >= 0.3 is 0 Å². The number of piperidine rings is 2. The second-order valence-electron chi connectivity index (χ2n) is 7.42. The summed E-state index contributed by atoms with van der Waals surface area (Å²) in [6.07, 6.45) is 9.05. The molecule has 2 aliphatic rings. The number of amides is 1. The third-order valence-electron chi connectivity index (χ3n) is 5.90. The molecule has 1 aromatic carbocycles. The number of hydrogen-bond acceptors (Lipinski definition) is 3. The Labute approximate surface area is 149 Å². The van der Waals surface area contributed by atoms with Crippen molar-refractivity contribution >= 4 is 5.91 Å². The molecule has 0 radical (unpaired) electrons. The van der Waals surface area contributed by atoms with E-state index in [-0.39, 0.29) is 5.91 Å². The lowest BCUT2D eigenvalue weighted by Crippen LogP contribution is -2.47. The van der Waals surface area contributed by atoms with Crippen LogP contribution in [0.4, 0.5) is 0 Å². The van der Waals surface area contributed by atoms with Gasteiger partial charge in [0.1, 0.15) is 0 Å². The Kier molecular flexibility index (Phi) is 4.57. The first-order chi connectivity index (χ1) is 12.2. The van der Waals surface area contributed by atoms with Crippen molar-refractivity contribution < 1.29 is 4.79 Å². The lowest BCUT2D eigenvalue weighted by Gasteiger charge is -2.44. The zero-order chi connectivity index (χ0) is 17.1. The molecule has 5 nitrogen and oxygen atoms in total. The van der Waals surface area contributed by atoms with Gasteiger partial charge in [-0.2, -0.15) is 5.10 Å². The van der Waals surface area contributed by atoms with Crippen molar-refractivity contribution in [3.05, 3.63) is 48.3 Å². The predicted molar refractivity (Wildman–Crippen MR) is 97.6 cm³/mol. The number of hydrogen-bond donors (Lipinski definition) is 1. The molecule has 3 heterocycles. The van der Waals surface area contributed by atoms with Crippen LogP contribution in [0.15, 0.2) is 42.7 Å². The average Bonchev–Trinajstić information content (AvgIpc) is 3.18. The van der Waals surface area contributed by atoms with Crippen molar-refractivity contribution in [3.8, 4) is 5.69 Å². The van der Waals surface area contributed by atoms with Crippen molar-refractivity contribution in [2.45, 2.75) is 32.1 Å². The van der Waals surface area contributed by atoms with Gasteiger partial charge < -0.3 is 10.2 Å². The number of benzene rings is 1. The van der Waals surface area contributed by atoms with Crippen LogP contribution in [-0.4, -0.2) is 46.8 Å². The number of nitrogens with one attached hydrogen (secondary N) is 1. The van der Waals surface area contributed by atoms with Gasteiger partial charge in [0.2, 0.25) is 5.91 Å². The van der Waals surface area contributed by atoms with Crippen LogP contribution < -0.4 is 5.32 Å². The Morgan fingerprint density at radius 3 is 2.44 bits per heavy atom. The van der Waals surface area contributed by atoms with E-state index in [2.05, 4.69) is 15.3 Å². The van der Waals surface area contributed by atoms with E-state index < -0.39 is 0 Å². The van der Waals surface area contributed by atoms with Gasteiger partial charge in [0, 0.05) is 25.5 Å². The molecular formula is C20H26N4O. The van der Waals surface area contributed by atoms with Crippen molar-refractivity contribution in [2.24, 2.45) is 5.41 Å². The third-order valence-corrected chi connectivity index (χ3v) is 5.90. The molecule has 0 aliphatic carbocycles. The number of likely N-dealkylation sites (tertiary alicyclic amines) is 1. The van der Waals surface area contributed by atoms with Gasteiger partial charge in [-0.15, -0.1) is 0 Å². The Bertz CT molecular complexity index is 692. The van der Waals surface area contributed by atoms with Crippen LogP contribution in [-0.2, 0) is 11.2 Å². The van der Waals surface area contributed by atoms with Crippen molar-refractivity contribution in [1.29, 1.82) is 0 Å². The fourth-order valence-corrected chi connectivity index (χ4v) is 4.16. The van der Waals surface area contributed by atoms with Crippen LogP contribution in [0, 0.1) is 5.41 Å². The minimum Gasteiger partial charge on any atom is -0.342 e. The van der Waals surface area contributed by atoms with Crippen molar-refractivity contribution in [3.63, 3.8) is 0 Å². The van der Waals surface area contributed by atoms with Crippen LogP contribution in [0.3, 0.4) is 0 Å². The summed E-state index contributed by atoms with van der Waals surface area (Å²) in [4.78, 5) is 14.7. The fourth-order valence-electron chi connectivity index (χ4n) is 4.16. The minimum atomic E-state index is 0.260. The first kappa shape index (κ1) is 16.3. The van der Waals surface area contributed by atoms with Crippen LogP contribution in [0.25, 0.3) is 5.69 Å². The third kappa shape index (κ3) is 3.61. The summed E-state index contributed by atoms with van der Waals surface area (Å²) in [7, 11) is 0. The normalized spacial score (nSPS) is 19.9. The Morgan fingerprint density at radius 1 is 1.08 bits per heavy atom. The Morgan fingerprint density at radius 2 is 1.80 bits per heavy atom. The molecule has 1 amide bonds. The summed E-state index contributed by atoms with van der Waals surface area (Å²) in [6.45, 7) is 4.11. The van der Waals surface area contributed by atoms with E-state index in [1.807, 2.05) is 41.2 Å². The van der Waals surface area contributed by atoms with Crippen LogP contribution in [0.5, 0.6) is 0 Å². The number of rotatable bonds is 3. The van der Waals surface area contributed by atoms with Gasteiger partial charge in [0.15, 0.2) is 0 Å². The van der Waals surface area contributed by atoms with Crippen LogP contribution in [0.2, 0.25) is 0 Å². The van der Waals surface area contributed by atoms with E-state index in [0.717, 1.165) is 37.4 Å². The molecule has 0 atom stereocenters. The molecule has 2 fully saturated rings. The number of carbonyl (C=O) groups is 1. The van der Waals surface area contributed by atoms with Gasteiger partial charge in [-0.05, 0) is 68.0 Å². The zero-order valence-electron chi connectivity index (χ0n) is 14.7. The van der Waals surface area contributed by atoms with E-state index in [1.54, 1.807) is 6.20 Å². The maximum Gasteiger partial charge on any atom is 0.226 e. The standard InChI is InChI=1S/C20H26N4O/c25-19(23-14-8-20(9-15-23)6-11-21-12-7-20)16-17-2-4-18(5-3-17)24-13-1-10-22-24/h1-5,10,13,21H,6-9,11-12,14-16H2. The van der Waals surface area contributed by atoms with Gasteiger partial charge in [-0.25, -0.2) is 4.68 Å². The Balaban J connectivity index is 1.33. The van der Waals surface area contributed by atoms with Gasteiger partial charge in [-0.3, -0.25) is 4.79 Å². The highest BCUT2D eigenvalue weighted by atomic mass is 16.2. The quantitative estimate of drug-likeness (QED) is 0.935. The molecule has 0 unspecified atom stereocenters. The minimum absolute atomic E-state index is 0.260. The van der Waals surface area contributed by atoms with Crippen LogP contribution in [0.1, 0.15) is 31.2 Å². The highest BCUT2D eigenvalue weighted by Gasteiger charge is 2.36. The molecule has 25 heavy (non-hydrogen) atoms. The van der Waals surface area contributed by atoms with Crippen LogP contribution >= 0.6 is 0 Å². The number of carbonyl (C=O) groups excluding carboxylic acids is 1. The highest BCUT2D eigenvalue weighted by molar-refractivity contribution is 5.79. The summed E-state index contributed by atoms with van der Waals surface area (Å²) < 4.78 is 1.83. The summed E-state index contributed by atoms with van der Waals surface area (Å²) >= 11 is 0. The van der Waals surface area contributed by atoms with Gasteiger partial charge in [-0.1, -0.05) is 12.1 Å². The summed E-state index contributed by atoms with van der Waals surface area (Å²) in [5.74, 6) is 0.260. The van der Waals surface area contributed by atoms with E-state index in [4.69, 9.17) is 0 Å². The molecule has 1 aromatic heterocycles. The summed E-state index contributed by atoms with van der Waals surface area (Å²) in [6, 6.07) is 10.0. The zero-order valence-corrected chi connectivity index (χ0v) is 14.7. The molecule has 2 aliphatic heterocycles. The highest BCUT2D eigenvalue weighted by Crippen LogP contribution is 2.39. The number of nitrogens with zero attached hydrogens (tertiary/aromatic N) is 3. The fraction of sp³-hybridized carbons (Fsp3) is 0.500. The molecule has 5 heteroatoms. The SMILES string of the molecule is O=C(Cc1ccc(-n2cccn2)cc1)N1CCC2(CCNCC2)CC1. The Hall–Kier alpha value is -2.14. The van der Waals surface area contributed by atoms with Gasteiger partial charge in [0.25, 0.3) is 0 Å². The lowest BCUT2D eigenvalue weighted by atomic mass is 9.71. The lowest BCUT2D eigenvalue weighted by molar-refractivity contribution is -0.133. The molecule has 2 aromatic rings. The molecule has 0 bridgehead atoms. The summed E-state index contributed by atoms with van der Waals surface area (Å²) in [5.41, 5.74) is 2.59. The largest absolute Gasteiger partial charge is 0.342 e. The van der Waals surface area contributed by atoms with Crippen molar-refractivity contribution in [1.82, 2.24) is 20.0 Å². The molecule has 2 saturated heterocycles. The van der Waals surface area contributed by atoms with Gasteiger partial charge in [0.05, 0.1) is 12.1 Å². The monoisotopic (exact) mass is 338 g/mol. The molecular weight excluding hydrogens is 312 g/mol. The first-order valence-electron chi connectivity index (χ1n) is 9.32. The maximum absolute atomic E-state index is 12.6. The van der Waals surface area contributed by atoms with E-state index >= 15 is 0 Å². The molecule has 1 N–H and O–H groups in total. The van der Waals surface area contributed by atoms with E-state index in [9.17, 15) is 4.79 Å². The van der Waals surface area contributed by atoms with E-state index in [0.29, 0.717) is 11.8 Å². The topological polar surface area (TPSA) is 50.2 Å². The first-order valence-corrected chi connectivity index (χ1v) is 9.32. The number of aromatic nitrogens is 2. The molecule has 132 valence electrons. The second kappa shape index (κ2) is 7.00. The molecule has 0 saturated carbocycles.